The molecule has 0 atom stereocenters. The number of aromatic nitrogens is 2. The molecule has 3 heterocycles. The fourth-order valence-electron chi connectivity index (χ4n) is 2.96. The number of nitrogens with one attached hydrogen (secondary N) is 3. The third kappa shape index (κ3) is 4.59. The number of pyridine rings is 1. The zero-order valence-electron chi connectivity index (χ0n) is 17.0. The van der Waals surface area contributed by atoms with Gasteiger partial charge in [0.2, 0.25) is 0 Å². The summed E-state index contributed by atoms with van der Waals surface area (Å²) in [5.41, 5.74) is 0.501. The molecule has 0 saturated carbocycles. The summed E-state index contributed by atoms with van der Waals surface area (Å²) in [5.74, 6) is 0.795. The number of carbonyl (C=O) groups is 2. The zero-order chi connectivity index (χ0) is 22.5. The van der Waals surface area contributed by atoms with Crippen LogP contribution in [0.15, 0.2) is 76.4 Å². The number of furan rings is 1. The molecule has 0 fully saturated rings. The van der Waals surface area contributed by atoms with E-state index >= 15 is 0 Å². The van der Waals surface area contributed by atoms with E-state index < -0.39 is 11.6 Å². The lowest BCUT2D eigenvalue weighted by atomic mass is 10.2. The summed E-state index contributed by atoms with van der Waals surface area (Å²) in [7, 11) is 1.52. The summed E-state index contributed by atoms with van der Waals surface area (Å²) < 4.78 is 11.5. The number of nitrogens with zero attached hydrogens (tertiary/aromatic N) is 2. The van der Waals surface area contributed by atoms with Crippen molar-refractivity contribution in [2.45, 2.75) is 6.54 Å². The van der Waals surface area contributed by atoms with E-state index in [1.807, 2.05) is 0 Å². The number of hydrogen-bond donors (Lipinski definition) is 3. The van der Waals surface area contributed by atoms with Crippen molar-refractivity contribution in [2.24, 2.45) is 0 Å². The van der Waals surface area contributed by atoms with Crippen molar-refractivity contribution in [1.82, 2.24) is 14.7 Å². The maximum Gasteiger partial charge on any atom is 0.323 e. The van der Waals surface area contributed by atoms with E-state index in [1.54, 1.807) is 48.5 Å². The number of fused-ring (bicyclic) bond motifs is 1. The Hall–Kier alpha value is -4.60. The van der Waals surface area contributed by atoms with Gasteiger partial charge in [0.1, 0.15) is 22.8 Å². The van der Waals surface area contributed by atoms with Crippen LogP contribution >= 0.6 is 0 Å². The second-order valence-corrected chi connectivity index (χ2v) is 6.70. The lowest BCUT2D eigenvalue weighted by molar-refractivity contribution is 0.0947. The first-order valence-electron chi connectivity index (χ1n) is 9.57. The maximum atomic E-state index is 12.9. The van der Waals surface area contributed by atoms with Crippen molar-refractivity contribution in [3.63, 3.8) is 0 Å². The number of hydrogen-bond acceptors (Lipinski definition) is 6. The standard InChI is InChI=1S/C22H19N5O5/c1-31-16-5-2-4-15(10-16)25-22(30)26-18-12-23-19-8-7-14(13-27(19)21(18)29)20(28)24-11-17-6-3-9-32-17/h2-10,12-13H,11H2,1H3,(H,24,28)(H2,25,26,30). The minimum Gasteiger partial charge on any atom is -0.497 e. The van der Waals surface area contributed by atoms with Gasteiger partial charge in [0, 0.05) is 18.0 Å². The molecule has 0 aliphatic rings. The minimum absolute atomic E-state index is 0.0453. The van der Waals surface area contributed by atoms with E-state index in [0.29, 0.717) is 22.8 Å². The summed E-state index contributed by atoms with van der Waals surface area (Å²) in [6.45, 7) is 0.211. The Morgan fingerprint density at radius 2 is 2.00 bits per heavy atom. The molecule has 0 aliphatic carbocycles. The van der Waals surface area contributed by atoms with Crippen molar-refractivity contribution in [2.75, 3.05) is 17.7 Å². The van der Waals surface area contributed by atoms with Gasteiger partial charge in [-0.2, -0.15) is 0 Å². The molecule has 4 rings (SSSR count). The first kappa shape index (κ1) is 20.7. The minimum atomic E-state index is -0.621. The van der Waals surface area contributed by atoms with Crippen LogP contribution in [0.25, 0.3) is 5.65 Å². The van der Waals surface area contributed by atoms with Gasteiger partial charge in [-0.3, -0.25) is 14.0 Å². The quantitative estimate of drug-likeness (QED) is 0.429. The highest BCUT2D eigenvalue weighted by Gasteiger charge is 2.12. The number of carbonyl (C=O) groups excluding carboxylic acids is 2. The van der Waals surface area contributed by atoms with Crippen LogP contribution in [-0.4, -0.2) is 28.4 Å². The Kier molecular flexibility index (Phi) is 5.84. The van der Waals surface area contributed by atoms with Crippen LogP contribution in [0.2, 0.25) is 0 Å². The topological polar surface area (TPSA) is 127 Å². The van der Waals surface area contributed by atoms with Crippen LogP contribution in [0.4, 0.5) is 16.2 Å². The number of anilines is 2. The van der Waals surface area contributed by atoms with E-state index in [2.05, 4.69) is 20.9 Å². The van der Waals surface area contributed by atoms with Crippen LogP contribution in [0, 0.1) is 0 Å². The van der Waals surface area contributed by atoms with Crippen molar-refractivity contribution in [1.29, 1.82) is 0 Å². The number of ether oxygens (including phenoxy) is 1. The summed E-state index contributed by atoms with van der Waals surface area (Å²) >= 11 is 0. The fraction of sp³-hybridized carbons (Fsp3) is 0.0909. The van der Waals surface area contributed by atoms with E-state index in [9.17, 15) is 14.4 Å². The van der Waals surface area contributed by atoms with Crippen LogP contribution in [0.5, 0.6) is 5.75 Å². The van der Waals surface area contributed by atoms with Crippen molar-refractivity contribution >= 4 is 29.0 Å². The Labute approximate surface area is 181 Å². The largest absolute Gasteiger partial charge is 0.497 e. The summed E-state index contributed by atoms with van der Waals surface area (Å²) in [5, 5.41) is 7.81. The van der Waals surface area contributed by atoms with E-state index in [1.165, 1.54) is 30.2 Å². The molecule has 0 bridgehead atoms. The number of benzene rings is 1. The summed E-state index contributed by atoms with van der Waals surface area (Å²) in [6, 6.07) is 12.7. The lowest BCUT2D eigenvalue weighted by Gasteiger charge is -2.10. The highest BCUT2D eigenvalue weighted by atomic mass is 16.5. The first-order valence-corrected chi connectivity index (χ1v) is 9.57. The van der Waals surface area contributed by atoms with Gasteiger partial charge in [0.15, 0.2) is 0 Å². The van der Waals surface area contributed by atoms with Crippen molar-refractivity contribution in [3.05, 3.63) is 88.9 Å². The highest BCUT2D eigenvalue weighted by Crippen LogP contribution is 2.17. The van der Waals surface area contributed by atoms with Gasteiger partial charge in [0.05, 0.1) is 31.7 Å². The molecule has 0 spiro atoms. The van der Waals surface area contributed by atoms with Crippen LogP contribution in [-0.2, 0) is 6.54 Å². The second kappa shape index (κ2) is 9.04. The van der Waals surface area contributed by atoms with Gasteiger partial charge in [-0.05, 0) is 36.4 Å². The number of rotatable bonds is 6. The fourth-order valence-corrected chi connectivity index (χ4v) is 2.96. The average Bonchev–Trinajstić information content (AvgIpc) is 3.33. The number of methoxy groups -OCH3 is 1. The molecular weight excluding hydrogens is 414 g/mol. The molecule has 0 radical (unpaired) electrons. The molecule has 162 valence electrons. The van der Waals surface area contributed by atoms with Gasteiger partial charge in [-0.15, -0.1) is 0 Å². The smallest absolute Gasteiger partial charge is 0.323 e. The van der Waals surface area contributed by atoms with Gasteiger partial charge in [0.25, 0.3) is 11.5 Å². The molecule has 0 unspecified atom stereocenters. The summed E-state index contributed by atoms with van der Waals surface area (Å²) in [4.78, 5) is 41.8. The lowest BCUT2D eigenvalue weighted by Crippen LogP contribution is -2.27. The number of urea groups is 1. The molecule has 10 nitrogen and oxygen atoms in total. The van der Waals surface area contributed by atoms with Gasteiger partial charge in [-0.1, -0.05) is 6.07 Å². The van der Waals surface area contributed by atoms with Crippen LogP contribution < -0.4 is 26.2 Å². The van der Waals surface area contributed by atoms with E-state index in [-0.39, 0.29) is 23.7 Å². The monoisotopic (exact) mass is 433 g/mol. The Bertz CT molecular complexity index is 1330. The average molecular weight is 433 g/mol. The Morgan fingerprint density at radius 3 is 2.78 bits per heavy atom. The predicted molar refractivity (Wildman–Crippen MR) is 117 cm³/mol. The molecule has 32 heavy (non-hydrogen) atoms. The van der Waals surface area contributed by atoms with Crippen molar-refractivity contribution in [3.8, 4) is 5.75 Å². The Morgan fingerprint density at radius 1 is 1.12 bits per heavy atom. The predicted octanol–water partition coefficient (Wildman–Crippen LogP) is 2.87. The van der Waals surface area contributed by atoms with E-state index in [0.717, 1.165) is 0 Å². The zero-order valence-corrected chi connectivity index (χ0v) is 17.0. The van der Waals surface area contributed by atoms with Gasteiger partial charge in [-0.25, -0.2) is 9.78 Å². The molecule has 4 aromatic rings. The molecule has 0 aliphatic heterocycles. The maximum absolute atomic E-state index is 12.9. The van der Waals surface area contributed by atoms with Gasteiger partial charge >= 0.3 is 6.03 Å². The van der Waals surface area contributed by atoms with E-state index in [4.69, 9.17) is 9.15 Å². The molecular formula is C22H19N5O5. The normalized spacial score (nSPS) is 10.5. The highest BCUT2D eigenvalue weighted by molar-refractivity contribution is 5.99. The van der Waals surface area contributed by atoms with Crippen LogP contribution in [0.3, 0.4) is 0 Å². The summed E-state index contributed by atoms with van der Waals surface area (Å²) in [6.07, 6.45) is 4.15. The molecule has 0 saturated heterocycles. The molecule has 3 aromatic heterocycles. The van der Waals surface area contributed by atoms with Crippen molar-refractivity contribution < 1.29 is 18.7 Å². The first-order chi connectivity index (χ1) is 15.5. The molecule has 3 N–H and O–H groups in total. The third-order valence-corrected chi connectivity index (χ3v) is 4.54. The number of amides is 3. The van der Waals surface area contributed by atoms with Crippen LogP contribution in [0.1, 0.15) is 16.1 Å². The van der Waals surface area contributed by atoms with Gasteiger partial charge < -0.3 is 25.1 Å². The molecule has 10 heteroatoms. The third-order valence-electron chi connectivity index (χ3n) is 4.54. The SMILES string of the molecule is COc1cccc(NC(=O)Nc2cnc3ccc(C(=O)NCc4ccco4)cn3c2=O)c1. The molecule has 1 aromatic carbocycles. The molecule has 3 amide bonds. The second-order valence-electron chi connectivity index (χ2n) is 6.70. The Balaban J connectivity index is 1.51.